The van der Waals surface area contributed by atoms with Crippen molar-refractivity contribution in [3.8, 4) is 0 Å². The second-order valence-electron chi connectivity index (χ2n) is 7.68. The lowest BCUT2D eigenvalue weighted by Crippen LogP contribution is -2.54. The van der Waals surface area contributed by atoms with E-state index >= 15 is 0 Å². The first-order chi connectivity index (χ1) is 12.3. The van der Waals surface area contributed by atoms with Crippen molar-refractivity contribution >= 4 is 12.2 Å². The minimum atomic E-state index is -0.543. The zero-order valence-corrected chi connectivity index (χ0v) is 16.2. The lowest BCUT2D eigenvalue weighted by Gasteiger charge is -2.38. The van der Waals surface area contributed by atoms with Gasteiger partial charge in [-0.25, -0.2) is 9.59 Å². The van der Waals surface area contributed by atoms with Crippen LogP contribution in [-0.2, 0) is 16.1 Å². The number of carbonyl (C=O) groups excluding carboxylic acids is 2. The van der Waals surface area contributed by atoms with Gasteiger partial charge in [0.2, 0.25) is 0 Å². The number of hydrogen-bond acceptors (Lipinski definition) is 4. The Balaban J connectivity index is 1.91. The third-order valence-corrected chi connectivity index (χ3v) is 4.34. The average Bonchev–Trinajstić information content (AvgIpc) is 2.58. The van der Waals surface area contributed by atoms with Gasteiger partial charge in [0.25, 0.3) is 0 Å². The highest BCUT2D eigenvalue weighted by Crippen LogP contribution is 2.22. The first-order valence-corrected chi connectivity index (χ1v) is 9.25. The van der Waals surface area contributed by atoms with E-state index in [0.717, 1.165) is 24.8 Å². The lowest BCUT2D eigenvalue weighted by molar-refractivity contribution is 0.0384. The first kappa shape index (κ1) is 20.1. The molecule has 2 atom stereocenters. The smallest absolute Gasteiger partial charge is 0.410 e. The number of nitrogens with zero attached hydrogens (tertiary/aromatic N) is 1. The van der Waals surface area contributed by atoms with Crippen LogP contribution in [0.2, 0.25) is 0 Å². The van der Waals surface area contributed by atoms with Gasteiger partial charge >= 0.3 is 12.2 Å². The first-order valence-electron chi connectivity index (χ1n) is 9.25. The van der Waals surface area contributed by atoms with Gasteiger partial charge in [-0.2, -0.15) is 0 Å². The maximum Gasteiger partial charge on any atom is 0.410 e. The van der Waals surface area contributed by atoms with Crippen LogP contribution in [0.5, 0.6) is 0 Å². The number of ether oxygens (including phenoxy) is 2. The number of benzene rings is 1. The number of alkyl carbamates (subject to hydrolysis) is 1. The van der Waals surface area contributed by atoms with E-state index in [4.69, 9.17) is 9.47 Å². The number of hydrogen-bond donors (Lipinski definition) is 1. The van der Waals surface area contributed by atoms with Crippen molar-refractivity contribution in [3.05, 3.63) is 35.9 Å². The number of nitrogens with one attached hydrogen (secondary N) is 1. The van der Waals surface area contributed by atoms with Crippen LogP contribution < -0.4 is 5.32 Å². The maximum absolute atomic E-state index is 12.6. The number of carbonyl (C=O) groups is 2. The van der Waals surface area contributed by atoms with Crippen LogP contribution in [0.4, 0.5) is 9.59 Å². The molecule has 0 spiro atoms. The molecule has 6 nitrogen and oxygen atoms in total. The standard InChI is InChI=1S/C20H30N2O4/c1-5-17-12-11-16(21-18(23)26-20(2,3)4)13-22(17)19(24)25-14-15-9-7-6-8-10-15/h6-10,16-17H,5,11-14H2,1-4H3,(H,21,23). The number of likely N-dealkylation sites (tertiary alicyclic amines) is 1. The molecule has 1 heterocycles. The van der Waals surface area contributed by atoms with Crippen molar-refractivity contribution in [2.45, 2.75) is 71.2 Å². The summed E-state index contributed by atoms with van der Waals surface area (Å²) in [5.74, 6) is 0. The predicted octanol–water partition coefficient (Wildman–Crippen LogP) is 4.09. The molecule has 1 aliphatic heterocycles. The average molecular weight is 362 g/mol. The zero-order valence-electron chi connectivity index (χ0n) is 16.2. The van der Waals surface area contributed by atoms with Crippen LogP contribution in [0.1, 0.15) is 52.5 Å². The number of piperidine rings is 1. The topological polar surface area (TPSA) is 67.9 Å². The van der Waals surface area contributed by atoms with Crippen molar-refractivity contribution in [1.82, 2.24) is 10.2 Å². The summed E-state index contributed by atoms with van der Waals surface area (Å²) in [6, 6.07) is 9.61. The second kappa shape index (κ2) is 8.92. The van der Waals surface area contributed by atoms with Crippen LogP contribution in [0, 0.1) is 0 Å². The van der Waals surface area contributed by atoms with E-state index in [2.05, 4.69) is 12.2 Å². The van der Waals surface area contributed by atoms with Gasteiger partial charge in [-0.15, -0.1) is 0 Å². The van der Waals surface area contributed by atoms with E-state index in [1.165, 1.54) is 0 Å². The van der Waals surface area contributed by atoms with E-state index in [-0.39, 0.29) is 24.8 Å². The summed E-state index contributed by atoms with van der Waals surface area (Å²) in [6.45, 7) is 8.22. The molecule has 0 bridgehead atoms. The largest absolute Gasteiger partial charge is 0.445 e. The normalized spacial score (nSPS) is 20.4. The Bertz CT molecular complexity index is 598. The quantitative estimate of drug-likeness (QED) is 0.876. The minimum Gasteiger partial charge on any atom is -0.445 e. The van der Waals surface area contributed by atoms with E-state index in [1.807, 2.05) is 51.1 Å². The Morgan fingerprint density at radius 3 is 2.50 bits per heavy atom. The van der Waals surface area contributed by atoms with Crippen molar-refractivity contribution in [2.75, 3.05) is 6.54 Å². The number of rotatable bonds is 4. The van der Waals surface area contributed by atoms with E-state index in [1.54, 1.807) is 4.90 Å². The van der Waals surface area contributed by atoms with E-state index in [9.17, 15) is 9.59 Å². The third-order valence-electron chi connectivity index (χ3n) is 4.34. The molecule has 1 aliphatic rings. The molecule has 6 heteroatoms. The Kier molecular flexibility index (Phi) is 6.89. The van der Waals surface area contributed by atoms with Crippen molar-refractivity contribution in [2.24, 2.45) is 0 Å². The Morgan fingerprint density at radius 1 is 1.19 bits per heavy atom. The SMILES string of the molecule is CCC1CCC(NC(=O)OC(C)(C)C)CN1C(=O)OCc1ccccc1. The van der Waals surface area contributed by atoms with E-state index < -0.39 is 11.7 Å². The van der Waals surface area contributed by atoms with Crippen LogP contribution in [0.25, 0.3) is 0 Å². The summed E-state index contributed by atoms with van der Waals surface area (Å²) >= 11 is 0. The van der Waals surface area contributed by atoms with Gasteiger partial charge in [-0.3, -0.25) is 0 Å². The van der Waals surface area contributed by atoms with Crippen LogP contribution in [0.15, 0.2) is 30.3 Å². The van der Waals surface area contributed by atoms with Gasteiger partial charge in [0.1, 0.15) is 12.2 Å². The Hall–Kier alpha value is -2.24. The molecule has 0 radical (unpaired) electrons. The molecular formula is C20H30N2O4. The molecule has 0 saturated carbocycles. The molecule has 2 rings (SSSR count). The molecule has 26 heavy (non-hydrogen) atoms. The highest BCUT2D eigenvalue weighted by molar-refractivity contribution is 5.70. The van der Waals surface area contributed by atoms with Crippen molar-refractivity contribution < 1.29 is 19.1 Å². The van der Waals surface area contributed by atoms with Crippen LogP contribution in [-0.4, -0.2) is 41.3 Å². The molecular weight excluding hydrogens is 332 g/mol. The summed E-state index contributed by atoms with van der Waals surface area (Å²) in [4.78, 5) is 26.3. The van der Waals surface area contributed by atoms with Gasteiger partial charge in [0.15, 0.2) is 0 Å². The minimum absolute atomic E-state index is 0.128. The third kappa shape index (κ3) is 6.24. The summed E-state index contributed by atoms with van der Waals surface area (Å²) in [7, 11) is 0. The van der Waals surface area contributed by atoms with Crippen LogP contribution in [0.3, 0.4) is 0 Å². The van der Waals surface area contributed by atoms with Crippen molar-refractivity contribution in [3.63, 3.8) is 0 Å². The summed E-state index contributed by atoms with van der Waals surface area (Å²) in [6.07, 6.45) is 1.73. The van der Waals surface area contributed by atoms with E-state index in [0.29, 0.717) is 6.54 Å². The molecule has 1 aromatic rings. The molecule has 1 fully saturated rings. The van der Waals surface area contributed by atoms with Gasteiger partial charge in [0, 0.05) is 18.6 Å². The molecule has 1 saturated heterocycles. The monoisotopic (exact) mass is 362 g/mol. The zero-order chi connectivity index (χ0) is 19.2. The molecule has 1 aromatic carbocycles. The predicted molar refractivity (Wildman–Crippen MR) is 99.8 cm³/mol. The maximum atomic E-state index is 12.6. The summed E-state index contributed by atoms with van der Waals surface area (Å²) in [5.41, 5.74) is 0.410. The Morgan fingerprint density at radius 2 is 1.88 bits per heavy atom. The van der Waals surface area contributed by atoms with Crippen molar-refractivity contribution in [1.29, 1.82) is 0 Å². The molecule has 2 unspecified atom stereocenters. The molecule has 1 N–H and O–H groups in total. The van der Waals surface area contributed by atoms with Gasteiger partial charge in [-0.05, 0) is 45.6 Å². The Labute approximate surface area is 155 Å². The molecule has 0 aromatic heterocycles. The fourth-order valence-corrected chi connectivity index (χ4v) is 3.07. The molecule has 0 aliphatic carbocycles. The highest BCUT2D eigenvalue weighted by Gasteiger charge is 2.33. The van der Waals surface area contributed by atoms with Gasteiger partial charge in [-0.1, -0.05) is 37.3 Å². The van der Waals surface area contributed by atoms with Crippen LogP contribution >= 0.6 is 0 Å². The molecule has 144 valence electrons. The van der Waals surface area contributed by atoms with Gasteiger partial charge in [0.05, 0.1) is 0 Å². The summed E-state index contributed by atoms with van der Waals surface area (Å²) < 4.78 is 10.8. The summed E-state index contributed by atoms with van der Waals surface area (Å²) in [5, 5.41) is 2.87. The highest BCUT2D eigenvalue weighted by atomic mass is 16.6. The fourth-order valence-electron chi connectivity index (χ4n) is 3.07. The number of amides is 2. The molecule has 2 amide bonds. The van der Waals surface area contributed by atoms with Gasteiger partial charge < -0.3 is 19.7 Å². The fraction of sp³-hybridized carbons (Fsp3) is 0.600. The second-order valence-corrected chi connectivity index (χ2v) is 7.68. The lowest BCUT2D eigenvalue weighted by atomic mass is 9.97.